The van der Waals surface area contributed by atoms with Crippen LogP contribution in [-0.4, -0.2) is 39.2 Å². The minimum absolute atomic E-state index is 0.521. The second-order valence-electron chi connectivity index (χ2n) is 2.92. The van der Waals surface area contributed by atoms with Gasteiger partial charge in [-0.1, -0.05) is 0 Å². The van der Waals surface area contributed by atoms with Gasteiger partial charge in [-0.15, -0.1) is 11.3 Å². The Morgan fingerprint density at radius 2 is 2.17 bits per heavy atom. The minimum Gasteiger partial charge on any atom is -0.464 e. The fourth-order valence-electron chi connectivity index (χ4n) is 0.901. The number of thiazole rings is 1. The van der Waals surface area contributed by atoms with Crippen LogP contribution in [0.5, 0.6) is 0 Å². The topological polar surface area (TPSA) is 85.4 Å². The summed E-state index contributed by atoms with van der Waals surface area (Å²) in [4.78, 5) is 14.6. The highest BCUT2D eigenvalue weighted by atomic mass is 32.2. The van der Waals surface area contributed by atoms with Gasteiger partial charge in [-0.05, 0) is 0 Å². The summed E-state index contributed by atoms with van der Waals surface area (Å²) >= 11 is 0.521. The van der Waals surface area contributed by atoms with Crippen molar-refractivity contribution in [2.24, 2.45) is 0 Å². The molecule has 1 aromatic rings. The maximum absolute atomic E-state index is 11.9. The molecule has 0 aliphatic rings. The number of esters is 1. The van der Waals surface area contributed by atoms with E-state index in [4.69, 9.17) is 0 Å². The van der Waals surface area contributed by atoms with E-state index in [-0.39, 0.29) is 0 Å². The highest BCUT2D eigenvalue weighted by Crippen LogP contribution is 2.21. The fraction of sp³-hybridized carbons (Fsp3) is 0.429. The number of aromatic nitrogens is 1. The van der Waals surface area contributed by atoms with Crippen molar-refractivity contribution in [2.45, 2.75) is 10.4 Å². The molecular weight excluding hydrogens is 297 g/mol. The molecule has 0 saturated carbocycles. The number of alkyl halides is 3. The predicted octanol–water partition coefficient (Wildman–Crippen LogP) is 0.770. The Morgan fingerprint density at radius 1 is 1.56 bits per heavy atom. The molecular formula is C7H7F3N2O4S2. The number of nitrogens with one attached hydrogen (secondary N) is 1. The molecule has 0 bridgehead atoms. The third-order valence-electron chi connectivity index (χ3n) is 1.62. The zero-order valence-corrected chi connectivity index (χ0v) is 10.4. The second-order valence-corrected chi connectivity index (χ2v) is 5.74. The number of methoxy groups -OCH3 is 1. The summed E-state index contributed by atoms with van der Waals surface area (Å²) in [5, 5.41) is 0. The molecule has 0 radical (unpaired) electrons. The largest absolute Gasteiger partial charge is 0.464 e. The van der Waals surface area contributed by atoms with E-state index in [1.165, 1.54) is 4.72 Å². The maximum atomic E-state index is 11.9. The third-order valence-corrected chi connectivity index (χ3v) is 4.39. The van der Waals surface area contributed by atoms with E-state index in [0.717, 1.165) is 12.6 Å². The van der Waals surface area contributed by atoms with Crippen molar-refractivity contribution in [3.8, 4) is 0 Å². The summed E-state index contributed by atoms with van der Waals surface area (Å²) in [6.07, 6.45) is -4.69. The van der Waals surface area contributed by atoms with Gasteiger partial charge >= 0.3 is 12.1 Å². The van der Waals surface area contributed by atoms with E-state index in [1.807, 2.05) is 0 Å². The molecule has 18 heavy (non-hydrogen) atoms. The molecule has 102 valence electrons. The van der Waals surface area contributed by atoms with Crippen LogP contribution in [0.2, 0.25) is 0 Å². The van der Waals surface area contributed by atoms with Gasteiger partial charge in [-0.3, -0.25) is 0 Å². The van der Waals surface area contributed by atoms with Crippen LogP contribution < -0.4 is 4.72 Å². The highest BCUT2D eigenvalue weighted by molar-refractivity contribution is 7.91. The van der Waals surface area contributed by atoms with Crippen molar-refractivity contribution in [3.05, 3.63) is 11.2 Å². The summed E-state index contributed by atoms with van der Waals surface area (Å²) < 4.78 is 63.8. The standard InChI is InChI=1S/C7H7F3N2O4S2/c1-16-5(13)4-6(17-3-11-4)18(14,15)12-2-7(8,9)10/h3,12H,2H2,1H3. The van der Waals surface area contributed by atoms with Gasteiger partial charge in [0.1, 0.15) is 6.54 Å². The summed E-state index contributed by atoms with van der Waals surface area (Å²) in [5.41, 5.74) is 0.478. The van der Waals surface area contributed by atoms with Gasteiger partial charge in [-0.25, -0.2) is 22.9 Å². The lowest BCUT2D eigenvalue weighted by atomic mass is 10.5. The summed E-state index contributed by atoms with van der Waals surface area (Å²) in [7, 11) is -3.45. The van der Waals surface area contributed by atoms with Gasteiger partial charge in [0.05, 0.1) is 12.6 Å². The SMILES string of the molecule is COC(=O)c1ncsc1S(=O)(=O)NCC(F)(F)F. The quantitative estimate of drug-likeness (QED) is 0.831. The first-order valence-electron chi connectivity index (χ1n) is 4.25. The van der Waals surface area contributed by atoms with Crippen LogP contribution in [0, 0.1) is 0 Å². The van der Waals surface area contributed by atoms with Gasteiger partial charge in [0.25, 0.3) is 10.0 Å². The average Bonchev–Trinajstić information content (AvgIpc) is 2.74. The maximum Gasteiger partial charge on any atom is 0.402 e. The van der Waals surface area contributed by atoms with Crippen LogP contribution in [0.3, 0.4) is 0 Å². The lowest BCUT2D eigenvalue weighted by Gasteiger charge is -2.08. The van der Waals surface area contributed by atoms with E-state index in [1.54, 1.807) is 0 Å². The van der Waals surface area contributed by atoms with Gasteiger partial charge < -0.3 is 4.74 Å². The molecule has 0 aromatic carbocycles. The molecule has 0 spiro atoms. The summed E-state index contributed by atoms with van der Waals surface area (Å²) in [6, 6.07) is 0. The Morgan fingerprint density at radius 3 is 2.67 bits per heavy atom. The van der Waals surface area contributed by atoms with Crippen LogP contribution in [0.4, 0.5) is 13.2 Å². The van der Waals surface area contributed by atoms with Crippen molar-refractivity contribution in [3.63, 3.8) is 0 Å². The molecule has 0 fully saturated rings. The normalized spacial score (nSPS) is 12.4. The van der Waals surface area contributed by atoms with Crippen molar-refractivity contribution < 1.29 is 31.1 Å². The first-order valence-corrected chi connectivity index (χ1v) is 6.62. The predicted molar refractivity (Wildman–Crippen MR) is 54.7 cm³/mol. The number of ether oxygens (including phenoxy) is 1. The first kappa shape index (κ1) is 14.9. The number of carbonyl (C=O) groups excluding carboxylic acids is 1. The second kappa shape index (κ2) is 5.20. The van der Waals surface area contributed by atoms with Crippen LogP contribution in [-0.2, 0) is 14.8 Å². The Hall–Kier alpha value is -1.20. The van der Waals surface area contributed by atoms with Crippen molar-refractivity contribution >= 4 is 27.3 Å². The Balaban J connectivity index is 2.99. The molecule has 0 aliphatic heterocycles. The monoisotopic (exact) mass is 304 g/mol. The zero-order chi connectivity index (χ0) is 14.0. The van der Waals surface area contributed by atoms with Crippen LogP contribution >= 0.6 is 11.3 Å². The van der Waals surface area contributed by atoms with Gasteiger partial charge in [0.2, 0.25) is 0 Å². The average molecular weight is 304 g/mol. The molecule has 1 rings (SSSR count). The van der Waals surface area contributed by atoms with Crippen molar-refractivity contribution in [2.75, 3.05) is 13.7 Å². The van der Waals surface area contributed by atoms with Gasteiger partial charge in [0, 0.05) is 0 Å². The van der Waals surface area contributed by atoms with E-state index < -0.39 is 38.6 Å². The molecule has 0 aliphatic carbocycles. The number of sulfonamides is 1. The van der Waals surface area contributed by atoms with Crippen LogP contribution in [0.15, 0.2) is 9.72 Å². The lowest BCUT2D eigenvalue weighted by Crippen LogP contribution is -2.34. The number of hydrogen-bond acceptors (Lipinski definition) is 6. The summed E-state index contributed by atoms with van der Waals surface area (Å²) in [5.74, 6) is -1.04. The molecule has 1 heterocycles. The molecule has 11 heteroatoms. The molecule has 1 N–H and O–H groups in total. The molecule has 0 saturated heterocycles. The smallest absolute Gasteiger partial charge is 0.402 e. The number of rotatable bonds is 4. The van der Waals surface area contributed by atoms with Crippen LogP contribution in [0.1, 0.15) is 10.5 Å². The van der Waals surface area contributed by atoms with Crippen molar-refractivity contribution in [1.29, 1.82) is 0 Å². The highest BCUT2D eigenvalue weighted by Gasteiger charge is 2.33. The Bertz CT molecular complexity index is 537. The zero-order valence-electron chi connectivity index (χ0n) is 8.82. The fourth-order valence-corrected chi connectivity index (χ4v) is 3.09. The van der Waals surface area contributed by atoms with E-state index in [0.29, 0.717) is 11.3 Å². The third kappa shape index (κ3) is 3.65. The molecule has 6 nitrogen and oxygen atoms in total. The van der Waals surface area contributed by atoms with E-state index >= 15 is 0 Å². The molecule has 0 atom stereocenters. The van der Waals surface area contributed by atoms with Crippen molar-refractivity contribution in [1.82, 2.24) is 9.71 Å². The van der Waals surface area contributed by atoms with E-state index in [9.17, 15) is 26.4 Å². The Kier molecular flexibility index (Phi) is 4.29. The number of halogens is 3. The van der Waals surface area contributed by atoms with Gasteiger partial charge in [-0.2, -0.15) is 13.2 Å². The number of nitrogens with zero attached hydrogens (tertiary/aromatic N) is 1. The number of hydrogen-bond donors (Lipinski definition) is 1. The number of carbonyl (C=O) groups is 1. The van der Waals surface area contributed by atoms with Crippen LogP contribution in [0.25, 0.3) is 0 Å². The van der Waals surface area contributed by atoms with E-state index in [2.05, 4.69) is 9.72 Å². The first-order chi connectivity index (χ1) is 8.17. The molecule has 0 unspecified atom stereocenters. The Labute approximate surface area is 104 Å². The minimum atomic E-state index is -4.69. The summed E-state index contributed by atoms with van der Waals surface area (Å²) in [6.45, 7) is -1.73. The lowest BCUT2D eigenvalue weighted by molar-refractivity contribution is -0.121. The molecule has 0 amide bonds. The molecule has 1 aromatic heterocycles. The van der Waals surface area contributed by atoms with Gasteiger partial charge in [0.15, 0.2) is 9.90 Å².